The molecule has 7 nitrogen and oxygen atoms in total. The van der Waals surface area contributed by atoms with Crippen LogP contribution < -0.4 is 29.6 Å². The summed E-state index contributed by atoms with van der Waals surface area (Å²) in [5.41, 5.74) is 0. The first kappa shape index (κ1) is 43.7. The van der Waals surface area contributed by atoms with Crippen LogP contribution in [0.4, 0.5) is 0 Å². The summed E-state index contributed by atoms with van der Waals surface area (Å²) in [7, 11) is -4.76. The van der Waals surface area contributed by atoms with Gasteiger partial charge in [0.15, 0.2) is 5.25 Å². The number of halogens is 2. The van der Waals surface area contributed by atoms with Crippen LogP contribution in [0.2, 0.25) is 0 Å². The molecule has 0 heterocycles. The summed E-state index contributed by atoms with van der Waals surface area (Å²) in [4.78, 5) is 24.2. The minimum atomic E-state index is -4.76. The van der Waals surface area contributed by atoms with E-state index >= 15 is 0 Å². The Labute approximate surface area is 256 Å². The summed E-state index contributed by atoms with van der Waals surface area (Å²) in [6.07, 6.45) is 6.74. The molecule has 0 aliphatic rings. The number of hydrogen-bond donors (Lipinski definition) is 1. The van der Waals surface area contributed by atoms with E-state index < -0.39 is 33.7 Å². The number of rotatable bonds is 16. The quantitative estimate of drug-likeness (QED) is 0.146. The molecule has 1 N–H and O–H groups in total. The molecule has 0 amide bonds. The van der Waals surface area contributed by atoms with Gasteiger partial charge in [0.25, 0.3) is 10.1 Å². The van der Waals surface area contributed by atoms with Crippen LogP contribution in [-0.2, 0) is 29.2 Å². The molecule has 0 aliphatic carbocycles. The van der Waals surface area contributed by atoms with E-state index in [9.17, 15) is 22.6 Å². The van der Waals surface area contributed by atoms with E-state index in [1.54, 1.807) is 0 Å². The van der Waals surface area contributed by atoms with E-state index in [0.29, 0.717) is 0 Å². The second kappa shape index (κ2) is 25.7. The molecule has 12 heteroatoms. The monoisotopic (exact) mass is 728 g/mol. The second-order valence-electron chi connectivity index (χ2n) is 7.35. The Morgan fingerprint density at radius 3 is 1.62 bits per heavy atom. The Morgan fingerprint density at radius 2 is 1.28 bits per heavy atom. The molecule has 0 aromatic heterocycles. The molecule has 32 heavy (non-hydrogen) atoms. The minimum absolute atomic E-state index is 0. The van der Waals surface area contributed by atoms with Gasteiger partial charge in [0.2, 0.25) is 0 Å². The first-order valence-electron chi connectivity index (χ1n) is 10.5. The molecule has 2 radical (unpaired) electrons. The average molecular weight is 729 g/mol. The van der Waals surface area contributed by atoms with Crippen molar-refractivity contribution in [2.24, 2.45) is 11.8 Å². The van der Waals surface area contributed by atoms with Crippen LogP contribution >= 0.6 is 34.0 Å². The Hall–Kier alpha value is 1.61. The normalized spacial score (nSPS) is 13.0. The van der Waals surface area contributed by atoms with Crippen molar-refractivity contribution in [3.05, 3.63) is 0 Å². The summed E-state index contributed by atoms with van der Waals surface area (Å²) in [6.45, 7) is 8.35. The van der Waals surface area contributed by atoms with Gasteiger partial charge >= 0.3 is 65.4 Å². The maximum atomic E-state index is 12.2. The molecule has 190 valence electrons. The van der Waals surface area contributed by atoms with Crippen LogP contribution in [0.1, 0.15) is 86.9 Å². The van der Waals surface area contributed by atoms with Crippen molar-refractivity contribution in [1.29, 1.82) is 0 Å². The van der Waals surface area contributed by atoms with Gasteiger partial charge in [-0.2, -0.15) is 8.42 Å². The van der Waals surface area contributed by atoms with Crippen molar-refractivity contribution < 1.29 is 63.0 Å². The number of carbonyl (C=O) groups is 2. The molecular weight excluding hydrogens is 686 g/mol. The molecule has 0 saturated heterocycles. The molecule has 0 aromatic rings. The van der Waals surface area contributed by atoms with Crippen LogP contribution in [0.15, 0.2) is 0 Å². The zero-order valence-electron chi connectivity index (χ0n) is 21.3. The number of ether oxygens (including phenoxy) is 2. The molecule has 3 unspecified atom stereocenters. The third-order valence-electron chi connectivity index (χ3n) is 5.00. The molecule has 0 fully saturated rings. The summed E-state index contributed by atoms with van der Waals surface area (Å²) in [5.74, 6) is -1.61. The average Bonchev–Trinajstić information content (AvgIpc) is 2.65. The van der Waals surface area contributed by atoms with E-state index in [0.717, 1.165) is 51.4 Å². The van der Waals surface area contributed by atoms with E-state index in [1.165, 1.54) is 0 Å². The standard InChI is InChI=1S/C20H38O7S.2BrH.Na.Sn.3H/c1-5-9-11-16(7-3)14-26-19(21)13-18(28(23,24)25)20(22)27-15-17(8-4)12-10-6-2;;;;;;;/h16-18H,5-15H2,1-4H3,(H,23,24,25);2*1H;;;;;/q;;;+1;;;;-1. The zero-order valence-corrected chi connectivity index (χ0v) is 30.6. The van der Waals surface area contributed by atoms with Crippen molar-refractivity contribution in [2.45, 2.75) is 90.7 Å². The summed E-state index contributed by atoms with van der Waals surface area (Å²) in [5, 5.41) is -1.95. The van der Waals surface area contributed by atoms with Gasteiger partial charge in [-0.05, 0) is 24.7 Å². The number of carbonyl (C=O) groups excluding carboxylic acids is 2. The third kappa shape index (κ3) is 20.9. The van der Waals surface area contributed by atoms with Crippen molar-refractivity contribution in [3.63, 3.8) is 0 Å². The van der Waals surface area contributed by atoms with Crippen molar-refractivity contribution in [3.8, 4) is 0 Å². The molecular formula is C20H43Br2NaO7SSn. The fraction of sp³-hybridized carbons (Fsp3) is 0.900. The fourth-order valence-electron chi connectivity index (χ4n) is 2.82. The number of hydrogen-bond acceptors (Lipinski definition) is 6. The number of unbranched alkanes of at least 4 members (excludes halogenated alkanes) is 2. The molecule has 3 atom stereocenters. The van der Waals surface area contributed by atoms with Crippen LogP contribution in [-0.4, -0.2) is 67.3 Å². The van der Waals surface area contributed by atoms with E-state index in [-0.39, 0.29) is 114 Å². The molecule has 0 aromatic carbocycles. The van der Waals surface area contributed by atoms with Gasteiger partial charge in [0.1, 0.15) is 0 Å². The third-order valence-corrected chi connectivity index (χ3v) is 6.08. The Kier molecular flexibility index (Phi) is 35.1. The van der Waals surface area contributed by atoms with Crippen LogP contribution in [0.25, 0.3) is 0 Å². The second-order valence-corrected chi connectivity index (χ2v) is 8.95. The van der Waals surface area contributed by atoms with E-state index in [2.05, 4.69) is 13.8 Å². The van der Waals surface area contributed by atoms with E-state index in [4.69, 9.17) is 9.47 Å². The zero-order chi connectivity index (χ0) is 21.6. The van der Waals surface area contributed by atoms with Crippen molar-refractivity contribution in [2.75, 3.05) is 13.2 Å². The Morgan fingerprint density at radius 1 is 0.875 bits per heavy atom. The summed E-state index contributed by atoms with van der Waals surface area (Å²) in [6, 6.07) is 0. The molecule has 0 saturated carbocycles. The SMILES string of the molecule is Br.Br.CCCCC(CC)COC(=O)CC(C(=O)OCC(CC)CCCC)S(=O)(=O)O.[H-].[Na+].[SnH2]. The van der Waals surface area contributed by atoms with E-state index in [1.807, 2.05) is 13.8 Å². The van der Waals surface area contributed by atoms with Gasteiger partial charge in [0.05, 0.1) is 19.6 Å². The first-order chi connectivity index (χ1) is 13.2. The number of esters is 2. The molecule has 0 rings (SSSR count). The predicted octanol–water partition coefficient (Wildman–Crippen LogP) is 1.51. The van der Waals surface area contributed by atoms with Crippen molar-refractivity contribution in [1.82, 2.24) is 0 Å². The van der Waals surface area contributed by atoms with Crippen LogP contribution in [0.5, 0.6) is 0 Å². The van der Waals surface area contributed by atoms with Crippen LogP contribution in [0.3, 0.4) is 0 Å². The molecule has 0 spiro atoms. The summed E-state index contributed by atoms with van der Waals surface area (Å²) < 4.78 is 42.8. The van der Waals surface area contributed by atoms with Crippen molar-refractivity contribution >= 4 is 79.9 Å². The predicted molar refractivity (Wildman–Crippen MR) is 139 cm³/mol. The molecule has 0 aliphatic heterocycles. The van der Waals surface area contributed by atoms with Gasteiger partial charge in [-0.25, -0.2) is 0 Å². The topological polar surface area (TPSA) is 107 Å². The Balaban J connectivity index is -0.000000364. The van der Waals surface area contributed by atoms with Crippen LogP contribution in [0, 0.1) is 11.8 Å². The maximum absolute atomic E-state index is 12.2. The first-order valence-corrected chi connectivity index (χ1v) is 12.0. The van der Waals surface area contributed by atoms with Gasteiger partial charge in [-0.3, -0.25) is 14.1 Å². The Bertz CT molecular complexity index is 575. The van der Waals surface area contributed by atoms with Gasteiger partial charge < -0.3 is 10.9 Å². The van der Waals surface area contributed by atoms with Gasteiger partial charge in [0, 0.05) is 0 Å². The molecule has 0 bridgehead atoms. The van der Waals surface area contributed by atoms with Gasteiger partial charge in [-0.1, -0.05) is 66.2 Å². The summed E-state index contributed by atoms with van der Waals surface area (Å²) >= 11 is 0. The fourth-order valence-corrected chi connectivity index (χ4v) is 3.48. The van der Waals surface area contributed by atoms with Gasteiger partial charge in [-0.15, -0.1) is 34.0 Å².